The van der Waals surface area contributed by atoms with E-state index < -0.39 is 335 Å². The van der Waals surface area contributed by atoms with Gasteiger partial charge >= 0.3 is 29.8 Å². The number of benzene rings is 3. The predicted molar refractivity (Wildman–Crippen MR) is 477 cm³/mol. The first kappa shape index (κ1) is 107. The fraction of sp³-hybridized carbons (Fsp3) is 0.442. The fourth-order valence-corrected chi connectivity index (χ4v) is 15.1. The van der Waals surface area contributed by atoms with Crippen molar-refractivity contribution >= 4 is 175 Å². The van der Waals surface area contributed by atoms with Crippen LogP contribution in [0.1, 0.15) is 121 Å². The van der Waals surface area contributed by atoms with E-state index in [4.69, 9.17) is 22.9 Å². The van der Waals surface area contributed by atoms with Gasteiger partial charge in [-0.05, 0) is 79.8 Å². The van der Waals surface area contributed by atoms with Crippen molar-refractivity contribution in [3.05, 3.63) is 108 Å². The summed E-state index contributed by atoms with van der Waals surface area (Å²) >= 11 is 0. The van der Waals surface area contributed by atoms with Gasteiger partial charge in [0.05, 0.1) is 44.7 Å². The Labute approximate surface area is 782 Å². The van der Waals surface area contributed by atoms with Crippen LogP contribution in [-0.4, -0.2) is 298 Å². The van der Waals surface area contributed by atoms with Gasteiger partial charge in [0.1, 0.15) is 84.6 Å². The van der Waals surface area contributed by atoms with Gasteiger partial charge in [-0.2, -0.15) is 0 Å². The van der Waals surface area contributed by atoms with E-state index in [0.29, 0.717) is 49.4 Å². The first-order chi connectivity index (χ1) is 65.2. The quantitative estimate of drug-likeness (QED) is 0.0169. The van der Waals surface area contributed by atoms with E-state index in [-0.39, 0.29) is 25.8 Å². The van der Waals surface area contributed by atoms with E-state index in [1.54, 1.807) is 72.8 Å². The number of carboxylic acids is 5. The molecule has 19 amide bonds. The second-order valence-electron chi connectivity index (χ2n) is 33.1. The number of hydrogen-bond donors (Lipinski definition) is 27. The summed E-state index contributed by atoms with van der Waals surface area (Å²) in [6.07, 6.45) is -6.31. The molecule has 15 atom stereocenters. The molecule has 31 N–H and O–H groups in total. The van der Waals surface area contributed by atoms with Gasteiger partial charge in [0.2, 0.25) is 112 Å². The first-order valence-electron chi connectivity index (χ1n) is 43.4. The summed E-state index contributed by atoms with van der Waals surface area (Å²) < 4.78 is 0. The second kappa shape index (κ2) is 50.0. The van der Waals surface area contributed by atoms with Crippen molar-refractivity contribution in [1.29, 1.82) is 0 Å². The molecule has 138 heavy (non-hydrogen) atoms. The normalized spacial score (nSPS) is 17.9. The largest absolute Gasteiger partial charge is 0.481 e. The van der Waals surface area contributed by atoms with E-state index in [9.17, 15) is 141 Å². The number of aliphatic carboxylic acids is 5. The topological polar surface area (TPSA) is 846 Å². The number of nitrogens with one attached hydrogen (secondary N) is 18. The zero-order chi connectivity index (χ0) is 102. The van der Waals surface area contributed by atoms with Gasteiger partial charge in [0, 0.05) is 103 Å². The zero-order valence-corrected chi connectivity index (χ0v) is 74.6. The SMILES string of the molecule is CC(C)[C@H](NC(=O)[C@H](Cc1c[nH]c2ccccc12)NC(=O)[C@H](CC(N)=O)NC(=O)CNC(=O)[C@H](Cc1c[nH]c2ccccc12)NC(=O)[C@H](CCC(=O)O)NC(=O)[C@H](CCC(=O)O)NC(=O)[C@H](C)NC(=O)[C@@H]1CCCN1C(=O)[C@@H]1CNC(=O)[C@@H](NC(=O)[C@@H](N)CC(=O)O)CC(=O)N[C@@H](Cc2c[nH]c3ccccc23)C(=O)N[C@@H](CC(N)=O)C(=O)N1)C(=O)N[C@@H](CC(=O)O)C(=O)N[C@@H](CCC(=O)O)C(N)=O. The van der Waals surface area contributed by atoms with E-state index in [1.165, 1.54) is 32.4 Å². The van der Waals surface area contributed by atoms with E-state index in [1.807, 2.05) is 0 Å². The highest BCUT2D eigenvalue weighted by Crippen LogP contribution is 2.25. The fourth-order valence-electron chi connectivity index (χ4n) is 15.1. The number of carboxylic acid groups (broad SMARTS) is 5. The monoisotopic (exact) mass is 1930 g/mol. The summed E-state index contributed by atoms with van der Waals surface area (Å²) in [6.45, 7) is 1.64. The maximum absolute atomic E-state index is 14.9. The molecule has 0 unspecified atom stereocenters. The number of primary amides is 3. The minimum Gasteiger partial charge on any atom is -0.481 e. The zero-order valence-electron chi connectivity index (χ0n) is 74.6. The third-order valence-electron chi connectivity index (χ3n) is 22.3. The van der Waals surface area contributed by atoms with Crippen LogP contribution < -0.4 is 103 Å². The first-order valence-corrected chi connectivity index (χ1v) is 43.4. The Hall–Kier alpha value is -16.5. The van der Waals surface area contributed by atoms with Crippen LogP contribution in [0.3, 0.4) is 0 Å². The average Bonchev–Trinajstić information content (AvgIpc) is 1.08. The number of H-pyrrole nitrogens is 3. The Bertz CT molecular complexity index is 5650. The molecule has 742 valence electrons. The number of aromatic nitrogens is 3. The van der Waals surface area contributed by atoms with Crippen molar-refractivity contribution in [2.45, 2.75) is 214 Å². The Morgan fingerprint density at radius 1 is 0.457 bits per heavy atom. The molecule has 0 saturated carbocycles. The van der Waals surface area contributed by atoms with E-state index in [0.717, 1.165) is 11.8 Å². The number of rotatable bonds is 48. The van der Waals surface area contributed by atoms with Gasteiger partial charge in [0.25, 0.3) is 0 Å². The molecule has 0 radical (unpaired) electrons. The molecule has 52 heteroatoms. The van der Waals surface area contributed by atoms with Crippen LogP contribution in [0.5, 0.6) is 0 Å². The number of nitrogens with zero attached hydrogens (tertiary/aromatic N) is 1. The maximum atomic E-state index is 14.9. The van der Waals surface area contributed by atoms with E-state index in [2.05, 4.69) is 94.7 Å². The van der Waals surface area contributed by atoms with Crippen molar-refractivity contribution in [1.82, 2.24) is 99.6 Å². The standard InChI is InChI=1S/C86H109N23O29/c1-38(2)71(85(137)106-59(32-70(122)123)82(134)99-50(72(90)124)18-21-66(114)115)108-83(135)55(27-42-35-93-49-16-9-6-13-45(42)49)104-80(132)56(29-62(88)110)98-65(113)37-95-75(127)53(25-40-33-91-47-14-7-4-11-43(40)47)103-78(130)52(20-23-68(118)119)101-77(129)51(19-22-67(116)117)100-73(125)39(3)96-84(136)61-17-10-24-109(61)86(138)60-36-94-76(128)58(102-74(126)46(87)28-69(120)121)31-64(112)97-54(26-41-34-92-48-15-8-5-12-44(41)48)79(131)105-57(30-63(89)111)81(133)107-60/h4-9,11-16,33-35,38-39,46,50-61,71,91-93H,10,17-32,36-37,87H2,1-3H3,(H2,88,110)(H2,89,111)(H2,90,124)(H,94,128)(H,95,127)(H,96,136)(H,97,112)(H,98,113)(H,99,134)(H,100,125)(H,101,129)(H,102,126)(H,103,130)(H,104,132)(H,105,131)(H,106,137)(H,107,133)(H,108,135)(H,114,115)(H,116,117)(H,118,119)(H,120,121)(H,122,123)/t39-,46-,50-,51-,52-,53-,54-,55-,56-,57-,58-,59-,60-,61-,71-/m0/s1. The third kappa shape index (κ3) is 31.6. The summed E-state index contributed by atoms with van der Waals surface area (Å²) in [5, 5.41) is 84.7. The molecule has 52 nitrogen and oxygen atoms in total. The molecule has 2 aliphatic heterocycles. The van der Waals surface area contributed by atoms with E-state index >= 15 is 0 Å². The Balaban J connectivity index is 0.979. The second-order valence-corrected chi connectivity index (χ2v) is 33.1. The molecule has 0 bridgehead atoms. The molecular formula is C86H109N23O29. The number of fused-ring (bicyclic) bond motifs is 3. The Morgan fingerprint density at radius 2 is 0.913 bits per heavy atom. The minimum atomic E-state index is -1.99. The van der Waals surface area contributed by atoms with Crippen molar-refractivity contribution in [3.63, 3.8) is 0 Å². The minimum absolute atomic E-state index is 0.0407. The number of amides is 19. The lowest BCUT2D eigenvalue weighted by molar-refractivity contribution is -0.143. The van der Waals surface area contributed by atoms with Crippen LogP contribution in [0.2, 0.25) is 0 Å². The summed E-state index contributed by atoms with van der Waals surface area (Å²) in [5.41, 5.74) is 25.1. The molecule has 0 aliphatic carbocycles. The van der Waals surface area contributed by atoms with Gasteiger partial charge in [-0.25, -0.2) is 0 Å². The van der Waals surface area contributed by atoms with Gasteiger partial charge < -0.3 is 148 Å². The van der Waals surface area contributed by atoms with Crippen molar-refractivity contribution in [3.8, 4) is 0 Å². The highest BCUT2D eigenvalue weighted by molar-refractivity contribution is 6.04. The van der Waals surface area contributed by atoms with Crippen LogP contribution >= 0.6 is 0 Å². The van der Waals surface area contributed by atoms with Crippen molar-refractivity contribution in [2.24, 2.45) is 28.9 Å². The summed E-state index contributed by atoms with van der Waals surface area (Å²) in [7, 11) is 0. The smallest absolute Gasteiger partial charge is 0.305 e. The molecule has 2 saturated heterocycles. The van der Waals surface area contributed by atoms with Gasteiger partial charge in [-0.15, -0.1) is 0 Å². The summed E-state index contributed by atoms with van der Waals surface area (Å²) in [4.78, 5) is 335. The molecule has 3 aromatic carbocycles. The number of nitrogens with two attached hydrogens (primary N) is 4. The number of hydrogen-bond acceptors (Lipinski definition) is 25. The number of para-hydroxylation sites is 3. The number of aromatic amines is 3. The Morgan fingerprint density at radius 3 is 1.42 bits per heavy atom. The molecule has 8 rings (SSSR count). The lowest BCUT2D eigenvalue weighted by atomic mass is 9.99. The van der Waals surface area contributed by atoms with Crippen molar-refractivity contribution < 1.29 is 141 Å². The highest BCUT2D eigenvalue weighted by atomic mass is 16.4. The van der Waals surface area contributed by atoms with Crippen molar-refractivity contribution in [2.75, 3.05) is 19.6 Å². The molecule has 5 heterocycles. The number of likely N-dealkylation sites (tertiary alicyclic amines) is 1. The summed E-state index contributed by atoms with van der Waals surface area (Å²) in [5.74, 6) is -31.4. The predicted octanol–water partition coefficient (Wildman–Crippen LogP) is -8.13. The molecule has 3 aromatic heterocycles. The molecule has 2 fully saturated rings. The van der Waals surface area contributed by atoms with Gasteiger partial charge in [-0.1, -0.05) is 68.4 Å². The van der Waals surface area contributed by atoms with Crippen LogP contribution in [0.4, 0.5) is 0 Å². The number of carbonyl (C=O) groups is 24. The lowest BCUT2D eigenvalue weighted by Crippen LogP contribution is -2.63. The average molecular weight is 1930 g/mol. The third-order valence-corrected chi connectivity index (χ3v) is 22.3. The van der Waals surface area contributed by atoms with Crippen LogP contribution in [0, 0.1) is 5.92 Å². The van der Waals surface area contributed by atoms with Gasteiger partial charge in [-0.3, -0.25) is 115 Å². The number of carbonyl (C=O) groups excluding carboxylic acids is 19. The van der Waals surface area contributed by atoms with Gasteiger partial charge in [0.15, 0.2) is 0 Å². The van der Waals surface area contributed by atoms with Crippen LogP contribution in [0.15, 0.2) is 91.4 Å². The Kier molecular flexibility index (Phi) is 38.7. The summed E-state index contributed by atoms with van der Waals surface area (Å²) in [6, 6.07) is -7.29. The highest BCUT2D eigenvalue weighted by Gasteiger charge is 2.44. The van der Waals surface area contributed by atoms with Crippen LogP contribution in [0.25, 0.3) is 32.7 Å². The molecule has 0 spiro atoms. The molecule has 6 aromatic rings. The lowest BCUT2D eigenvalue weighted by Gasteiger charge is -2.31. The maximum Gasteiger partial charge on any atom is 0.305 e. The van der Waals surface area contributed by atoms with Crippen LogP contribution in [-0.2, 0) is 134 Å². The molecule has 2 aliphatic rings. The molecular weight excluding hydrogens is 1820 g/mol.